The van der Waals surface area contributed by atoms with E-state index < -0.39 is 0 Å². The molecule has 2 rings (SSSR count). The van der Waals surface area contributed by atoms with Gasteiger partial charge in [-0.05, 0) is 24.8 Å². The predicted molar refractivity (Wildman–Crippen MR) is 70.5 cm³/mol. The van der Waals surface area contributed by atoms with Crippen LogP contribution in [0.3, 0.4) is 0 Å². The number of anilines is 1. The van der Waals surface area contributed by atoms with Gasteiger partial charge in [0.05, 0.1) is 11.9 Å². The van der Waals surface area contributed by atoms with Gasteiger partial charge in [0.1, 0.15) is 5.84 Å². The molecule has 0 aliphatic heterocycles. The highest BCUT2D eigenvalue weighted by molar-refractivity contribution is 6.00. The maximum absolute atomic E-state index is 7.58. The third-order valence-corrected chi connectivity index (χ3v) is 3.51. The Morgan fingerprint density at radius 1 is 1.53 bits per heavy atom. The van der Waals surface area contributed by atoms with Crippen LogP contribution in [0, 0.1) is 11.3 Å². The van der Waals surface area contributed by atoms with E-state index in [0.29, 0.717) is 0 Å². The zero-order chi connectivity index (χ0) is 12.3. The Morgan fingerprint density at radius 3 is 2.88 bits per heavy atom. The molecule has 0 spiro atoms. The first-order chi connectivity index (χ1) is 8.18. The van der Waals surface area contributed by atoms with Crippen molar-refractivity contribution in [2.75, 3.05) is 18.5 Å². The van der Waals surface area contributed by atoms with Gasteiger partial charge < -0.3 is 10.6 Å². The van der Waals surface area contributed by atoms with Crippen molar-refractivity contribution in [3.63, 3.8) is 0 Å². The maximum Gasteiger partial charge on any atom is 0.125 e. The number of nitrogens with zero attached hydrogens (tertiary/aromatic N) is 2. The molecule has 0 saturated heterocycles. The molecule has 1 saturated carbocycles. The highest BCUT2D eigenvalue weighted by atomic mass is 15.1. The quantitative estimate of drug-likeness (QED) is 0.616. The minimum absolute atomic E-state index is 0.112. The van der Waals surface area contributed by atoms with E-state index in [1.54, 1.807) is 12.4 Å². The molecular formula is C13H20N4. The second-order valence-electron chi connectivity index (χ2n) is 4.84. The minimum Gasteiger partial charge on any atom is -0.384 e. The van der Waals surface area contributed by atoms with Crippen molar-refractivity contribution in [2.24, 2.45) is 11.7 Å². The number of aromatic nitrogens is 1. The first kappa shape index (κ1) is 11.9. The van der Waals surface area contributed by atoms with Crippen LogP contribution in [0.2, 0.25) is 0 Å². The Hall–Kier alpha value is -1.58. The zero-order valence-corrected chi connectivity index (χ0v) is 10.3. The van der Waals surface area contributed by atoms with Crippen molar-refractivity contribution in [3.05, 3.63) is 24.0 Å². The van der Waals surface area contributed by atoms with Gasteiger partial charge in [0, 0.05) is 25.4 Å². The van der Waals surface area contributed by atoms with E-state index in [2.05, 4.69) is 16.9 Å². The predicted octanol–water partition coefficient (Wildman–Crippen LogP) is 1.99. The summed E-state index contributed by atoms with van der Waals surface area (Å²) in [4.78, 5) is 6.31. The van der Waals surface area contributed by atoms with E-state index >= 15 is 0 Å². The molecule has 0 aromatic carbocycles. The summed E-state index contributed by atoms with van der Waals surface area (Å²) in [6, 6.07) is 1.81. The SMILES string of the molecule is CN(CC1CCCC1)c1cnccc1C(=N)N. The van der Waals surface area contributed by atoms with Crippen LogP contribution in [-0.2, 0) is 0 Å². The van der Waals surface area contributed by atoms with Crippen molar-refractivity contribution in [1.29, 1.82) is 5.41 Å². The second-order valence-corrected chi connectivity index (χ2v) is 4.84. The lowest BCUT2D eigenvalue weighted by atomic mass is 10.1. The molecule has 0 radical (unpaired) electrons. The third-order valence-electron chi connectivity index (χ3n) is 3.51. The fraction of sp³-hybridized carbons (Fsp3) is 0.538. The van der Waals surface area contributed by atoms with E-state index in [0.717, 1.165) is 23.7 Å². The van der Waals surface area contributed by atoms with Gasteiger partial charge in [-0.3, -0.25) is 10.4 Å². The van der Waals surface area contributed by atoms with Gasteiger partial charge in [0.25, 0.3) is 0 Å². The van der Waals surface area contributed by atoms with Crippen LogP contribution in [0.25, 0.3) is 0 Å². The average molecular weight is 232 g/mol. The molecule has 4 heteroatoms. The molecule has 0 bridgehead atoms. The van der Waals surface area contributed by atoms with Crippen LogP contribution < -0.4 is 10.6 Å². The maximum atomic E-state index is 7.58. The van der Waals surface area contributed by atoms with E-state index in [1.165, 1.54) is 25.7 Å². The largest absolute Gasteiger partial charge is 0.384 e. The van der Waals surface area contributed by atoms with Crippen LogP contribution in [0.4, 0.5) is 5.69 Å². The van der Waals surface area contributed by atoms with Crippen molar-refractivity contribution in [1.82, 2.24) is 4.98 Å². The fourth-order valence-corrected chi connectivity index (χ4v) is 2.60. The summed E-state index contributed by atoms with van der Waals surface area (Å²) in [6.07, 6.45) is 8.82. The van der Waals surface area contributed by atoms with Gasteiger partial charge in [0.2, 0.25) is 0 Å². The molecule has 1 aliphatic carbocycles. The summed E-state index contributed by atoms with van der Waals surface area (Å²) in [5.41, 5.74) is 7.33. The third kappa shape index (κ3) is 2.75. The Balaban J connectivity index is 2.12. The van der Waals surface area contributed by atoms with E-state index in [-0.39, 0.29) is 5.84 Å². The normalized spacial score (nSPS) is 16.1. The molecule has 0 atom stereocenters. The standard InChI is InChI=1S/C13H20N4/c1-17(9-10-4-2-3-5-10)12-8-16-7-6-11(12)13(14)15/h6-8,10H,2-5,9H2,1H3,(H3,14,15). The summed E-state index contributed by atoms with van der Waals surface area (Å²) < 4.78 is 0. The molecule has 1 aromatic rings. The van der Waals surface area contributed by atoms with Crippen molar-refractivity contribution in [2.45, 2.75) is 25.7 Å². The Labute approximate surface area is 102 Å². The average Bonchev–Trinajstić information content (AvgIpc) is 2.81. The molecule has 0 amide bonds. The summed E-state index contributed by atoms with van der Waals surface area (Å²) in [6.45, 7) is 1.03. The molecule has 17 heavy (non-hydrogen) atoms. The number of nitrogen functional groups attached to an aromatic ring is 1. The van der Waals surface area contributed by atoms with E-state index in [9.17, 15) is 0 Å². The summed E-state index contributed by atoms with van der Waals surface area (Å²) in [5.74, 6) is 0.890. The molecule has 1 fully saturated rings. The molecule has 92 valence electrons. The van der Waals surface area contributed by atoms with Gasteiger partial charge in [-0.25, -0.2) is 0 Å². The topological polar surface area (TPSA) is 66.0 Å². The summed E-state index contributed by atoms with van der Waals surface area (Å²) >= 11 is 0. The zero-order valence-electron chi connectivity index (χ0n) is 10.3. The molecule has 1 heterocycles. The van der Waals surface area contributed by atoms with E-state index in [4.69, 9.17) is 11.1 Å². The minimum atomic E-state index is 0.112. The summed E-state index contributed by atoms with van der Waals surface area (Å²) in [5, 5.41) is 7.58. The van der Waals surface area contributed by atoms with Gasteiger partial charge in [0.15, 0.2) is 0 Å². The van der Waals surface area contributed by atoms with Gasteiger partial charge in [-0.1, -0.05) is 12.8 Å². The number of amidine groups is 1. The van der Waals surface area contributed by atoms with Crippen LogP contribution in [-0.4, -0.2) is 24.4 Å². The van der Waals surface area contributed by atoms with Gasteiger partial charge >= 0.3 is 0 Å². The van der Waals surface area contributed by atoms with E-state index in [1.807, 2.05) is 6.07 Å². The monoisotopic (exact) mass is 232 g/mol. The van der Waals surface area contributed by atoms with Crippen LogP contribution in [0.5, 0.6) is 0 Å². The van der Waals surface area contributed by atoms with Gasteiger partial charge in [-0.15, -0.1) is 0 Å². The van der Waals surface area contributed by atoms with Crippen LogP contribution in [0.1, 0.15) is 31.2 Å². The lowest BCUT2D eigenvalue weighted by molar-refractivity contribution is 0.547. The first-order valence-electron chi connectivity index (χ1n) is 6.18. The van der Waals surface area contributed by atoms with Crippen molar-refractivity contribution < 1.29 is 0 Å². The molecular weight excluding hydrogens is 212 g/mol. The molecule has 1 aliphatic rings. The number of hydrogen-bond donors (Lipinski definition) is 2. The highest BCUT2D eigenvalue weighted by Gasteiger charge is 2.18. The lowest BCUT2D eigenvalue weighted by Crippen LogP contribution is -2.27. The molecule has 3 N–H and O–H groups in total. The van der Waals surface area contributed by atoms with Crippen molar-refractivity contribution >= 4 is 11.5 Å². The summed E-state index contributed by atoms with van der Waals surface area (Å²) in [7, 11) is 2.06. The Morgan fingerprint density at radius 2 is 2.24 bits per heavy atom. The van der Waals surface area contributed by atoms with Crippen molar-refractivity contribution in [3.8, 4) is 0 Å². The first-order valence-corrected chi connectivity index (χ1v) is 6.18. The smallest absolute Gasteiger partial charge is 0.125 e. The molecule has 0 unspecified atom stereocenters. The Kier molecular flexibility index (Phi) is 3.61. The number of nitrogens with two attached hydrogens (primary N) is 1. The molecule has 1 aromatic heterocycles. The molecule has 4 nitrogen and oxygen atoms in total. The highest BCUT2D eigenvalue weighted by Crippen LogP contribution is 2.27. The van der Waals surface area contributed by atoms with Crippen LogP contribution >= 0.6 is 0 Å². The number of nitrogens with one attached hydrogen (secondary N) is 1. The second kappa shape index (κ2) is 5.17. The Bertz CT molecular complexity index is 396. The number of hydrogen-bond acceptors (Lipinski definition) is 3. The number of rotatable bonds is 4. The van der Waals surface area contributed by atoms with Crippen LogP contribution in [0.15, 0.2) is 18.5 Å². The lowest BCUT2D eigenvalue weighted by Gasteiger charge is -2.24. The fourth-order valence-electron chi connectivity index (χ4n) is 2.60. The van der Waals surface area contributed by atoms with Gasteiger partial charge in [-0.2, -0.15) is 0 Å². The number of pyridine rings is 1.